The number of carbonyl (C=O) groups excluding carboxylic acids is 1. The van der Waals surface area contributed by atoms with E-state index in [1.807, 2.05) is 85.8 Å². The molecule has 0 spiro atoms. The lowest BCUT2D eigenvalue weighted by Gasteiger charge is -2.10. The molecule has 25 heavy (non-hydrogen) atoms. The summed E-state index contributed by atoms with van der Waals surface area (Å²) in [4.78, 5) is 12.0. The van der Waals surface area contributed by atoms with Gasteiger partial charge in [-0.15, -0.1) is 0 Å². The van der Waals surface area contributed by atoms with Crippen LogP contribution in [0.1, 0.15) is 5.56 Å². The standard InChI is InChI=1S/C21H20N2O2/c1-16-7-5-6-10-20(16)25-15-21(24)23-19-13-11-18(12-14-19)22-17-8-3-2-4-9-17/h2-14,22H,15H2,1H3,(H,23,24). The largest absolute Gasteiger partial charge is 0.483 e. The van der Waals surface area contributed by atoms with Crippen LogP contribution in [-0.2, 0) is 4.79 Å². The highest BCUT2D eigenvalue weighted by Crippen LogP contribution is 2.19. The van der Waals surface area contributed by atoms with E-state index in [4.69, 9.17) is 4.74 Å². The summed E-state index contributed by atoms with van der Waals surface area (Å²) in [6, 6.07) is 25.1. The van der Waals surface area contributed by atoms with Crippen LogP contribution in [-0.4, -0.2) is 12.5 Å². The summed E-state index contributed by atoms with van der Waals surface area (Å²) in [6.45, 7) is 1.93. The van der Waals surface area contributed by atoms with Gasteiger partial charge in [-0.1, -0.05) is 36.4 Å². The van der Waals surface area contributed by atoms with Gasteiger partial charge in [0.15, 0.2) is 6.61 Å². The van der Waals surface area contributed by atoms with E-state index in [-0.39, 0.29) is 12.5 Å². The van der Waals surface area contributed by atoms with Crippen molar-refractivity contribution in [1.29, 1.82) is 0 Å². The van der Waals surface area contributed by atoms with E-state index in [1.54, 1.807) is 0 Å². The van der Waals surface area contributed by atoms with Crippen molar-refractivity contribution in [2.45, 2.75) is 6.92 Å². The predicted molar refractivity (Wildman–Crippen MR) is 101 cm³/mol. The number of ether oxygens (including phenoxy) is 1. The fourth-order valence-electron chi connectivity index (χ4n) is 2.38. The minimum absolute atomic E-state index is 0.0190. The molecule has 0 aliphatic carbocycles. The van der Waals surface area contributed by atoms with Gasteiger partial charge in [-0.25, -0.2) is 0 Å². The van der Waals surface area contributed by atoms with E-state index >= 15 is 0 Å². The van der Waals surface area contributed by atoms with E-state index in [9.17, 15) is 4.79 Å². The number of benzene rings is 3. The second-order valence-electron chi connectivity index (χ2n) is 5.67. The summed E-state index contributed by atoms with van der Waals surface area (Å²) >= 11 is 0. The van der Waals surface area contributed by atoms with Crippen molar-refractivity contribution in [1.82, 2.24) is 0 Å². The van der Waals surface area contributed by atoms with Gasteiger partial charge in [-0.2, -0.15) is 0 Å². The summed E-state index contributed by atoms with van der Waals surface area (Å²) in [5, 5.41) is 6.13. The van der Waals surface area contributed by atoms with Gasteiger partial charge in [0.1, 0.15) is 5.75 Å². The molecule has 2 N–H and O–H groups in total. The molecule has 126 valence electrons. The Hall–Kier alpha value is -3.27. The summed E-state index contributed by atoms with van der Waals surface area (Å²) in [7, 11) is 0. The molecule has 0 unspecified atom stereocenters. The van der Waals surface area contributed by atoms with E-state index in [0.29, 0.717) is 0 Å². The fraction of sp³-hybridized carbons (Fsp3) is 0.0952. The Labute approximate surface area is 147 Å². The highest BCUT2D eigenvalue weighted by atomic mass is 16.5. The number of hydrogen-bond donors (Lipinski definition) is 2. The predicted octanol–water partition coefficient (Wildman–Crippen LogP) is 4.76. The van der Waals surface area contributed by atoms with Crippen LogP contribution in [0.4, 0.5) is 17.1 Å². The zero-order chi connectivity index (χ0) is 17.5. The molecule has 0 saturated carbocycles. The number of nitrogens with one attached hydrogen (secondary N) is 2. The Morgan fingerprint density at radius 1 is 0.800 bits per heavy atom. The number of rotatable bonds is 6. The van der Waals surface area contributed by atoms with Crippen molar-refractivity contribution in [3.05, 3.63) is 84.4 Å². The van der Waals surface area contributed by atoms with Gasteiger partial charge in [-0.05, 0) is 55.0 Å². The molecule has 3 aromatic carbocycles. The molecule has 0 saturated heterocycles. The first-order valence-corrected chi connectivity index (χ1v) is 8.11. The van der Waals surface area contributed by atoms with Gasteiger partial charge < -0.3 is 15.4 Å². The molecule has 0 atom stereocenters. The lowest BCUT2D eigenvalue weighted by atomic mass is 10.2. The average molecular weight is 332 g/mol. The molecule has 3 aromatic rings. The first kappa shape index (κ1) is 16.6. The Balaban J connectivity index is 1.52. The number of hydrogen-bond acceptors (Lipinski definition) is 3. The molecule has 0 aliphatic heterocycles. The lowest BCUT2D eigenvalue weighted by Crippen LogP contribution is -2.20. The van der Waals surface area contributed by atoms with Gasteiger partial charge >= 0.3 is 0 Å². The Morgan fingerprint density at radius 3 is 2.12 bits per heavy atom. The first-order valence-electron chi connectivity index (χ1n) is 8.11. The highest BCUT2D eigenvalue weighted by molar-refractivity contribution is 5.92. The topological polar surface area (TPSA) is 50.4 Å². The second-order valence-corrected chi connectivity index (χ2v) is 5.67. The Morgan fingerprint density at radius 2 is 1.40 bits per heavy atom. The molecular weight excluding hydrogens is 312 g/mol. The normalized spacial score (nSPS) is 10.1. The van der Waals surface area contributed by atoms with Crippen molar-refractivity contribution < 1.29 is 9.53 Å². The number of aryl methyl sites for hydroxylation is 1. The molecule has 0 bridgehead atoms. The van der Waals surface area contributed by atoms with Crippen LogP contribution in [0.25, 0.3) is 0 Å². The van der Waals surface area contributed by atoms with E-state index in [2.05, 4.69) is 10.6 Å². The van der Waals surface area contributed by atoms with Crippen molar-refractivity contribution in [3.8, 4) is 5.75 Å². The van der Waals surface area contributed by atoms with Crippen LogP contribution in [0.2, 0.25) is 0 Å². The fourth-order valence-corrected chi connectivity index (χ4v) is 2.38. The van der Waals surface area contributed by atoms with Crippen LogP contribution < -0.4 is 15.4 Å². The average Bonchev–Trinajstić information content (AvgIpc) is 2.64. The van der Waals surface area contributed by atoms with E-state index in [0.717, 1.165) is 28.4 Å². The Bertz CT molecular complexity index is 830. The maximum Gasteiger partial charge on any atom is 0.262 e. The number of amides is 1. The maximum atomic E-state index is 12.0. The van der Waals surface area contributed by atoms with Gasteiger partial charge in [0.05, 0.1) is 0 Å². The van der Waals surface area contributed by atoms with Gasteiger partial charge in [-0.3, -0.25) is 4.79 Å². The zero-order valence-electron chi connectivity index (χ0n) is 14.0. The third-order valence-corrected chi connectivity index (χ3v) is 3.68. The van der Waals surface area contributed by atoms with E-state index < -0.39 is 0 Å². The van der Waals surface area contributed by atoms with Crippen molar-refractivity contribution in [2.75, 3.05) is 17.2 Å². The molecule has 0 aromatic heterocycles. The van der Waals surface area contributed by atoms with Gasteiger partial charge in [0.2, 0.25) is 0 Å². The quantitative estimate of drug-likeness (QED) is 0.684. The molecule has 4 nitrogen and oxygen atoms in total. The SMILES string of the molecule is Cc1ccccc1OCC(=O)Nc1ccc(Nc2ccccc2)cc1. The summed E-state index contributed by atoms with van der Waals surface area (Å²) in [5.41, 5.74) is 3.72. The molecule has 1 amide bonds. The van der Waals surface area contributed by atoms with Crippen LogP contribution in [0.15, 0.2) is 78.9 Å². The summed E-state index contributed by atoms with van der Waals surface area (Å²) < 4.78 is 5.55. The number of anilines is 3. The first-order chi connectivity index (χ1) is 12.2. The number of para-hydroxylation sites is 2. The van der Waals surface area contributed by atoms with E-state index in [1.165, 1.54) is 0 Å². The molecule has 3 rings (SSSR count). The lowest BCUT2D eigenvalue weighted by molar-refractivity contribution is -0.118. The van der Waals surface area contributed by atoms with Crippen molar-refractivity contribution >= 4 is 23.0 Å². The minimum Gasteiger partial charge on any atom is -0.483 e. The summed E-state index contributed by atoms with van der Waals surface area (Å²) in [6.07, 6.45) is 0. The third-order valence-electron chi connectivity index (χ3n) is 3.68. The maximum absolute atomic E-state index is 12.0. The third kappa shape index (κ3) is 4.85. The van der Waals surface area contributed by atoms with Crippen LogP contribution >= 0.6 is 0 Å². The molecule has 4 heteroatoms. The van der Waals surface area contributed by atoms with Gasteiger partial charge in [0, 0.05) is 17.1 Å². The van der Waals surface area contributed by atoms with Crippen LogP contribution in [0.5, 0.6) is 5.75 Å². The van der Waals surface area contributed by atoms with Gasteiger partial charge in [0.25, 0.3) is 5.91 Å². The minimum atomic E-state index is -0.188. The highest BCUT2D eigenvalue weighted by Gasteiger charge is 2.05. The van der Waals surface area contributed by atoms with Crippen molar-refractivity contribution in [2.24, 2.45) is 0 Å². The molecular formula is C21H20N2O2. The Kier molecular flexibility index (Phi) is 5.32. The smallest absolute Gasteiger partial charge is 0.262 e. The molecule has 0 heterocycles. The molecule has 0 radical (unpaired) electrons. The molecule has 0 fully saturated rings. The van der Waals surface area contributed by atoms with Crippen molar-refractivity contribution in [3.63, 3.8) is 0 Å². The molecule has 0 aliphatic rings. The van der Waals surface area contributed by atoms with Crippen LogP contribution in [0.3, 0.4) is 0 Å². The second kappa shape index (κ2) is 8.02. The monoisotopic (exact) mass is 332 g/mol. The zero-order valence-corrected chi connectivity index (χ0v) is 14.0. The number of carbonyl (C=O) groups is 1. The van der Waals surface area contributed by atoms with Crippen LogP contribution in [0, 0.1) is 6.92 Å². The summed E-state index contributed by atoms with van der Waals surface area (Å²) in [5.74, 6) is 0.534.